The molecule has 2 aromatic rings. The lowest BCUT2D eigenvalue weighted by atomic mass is 10.1. The monoisotopic (exact) mass is 240 g/mol. The second-order valence-corrected chi connectivity index (χ2v) is 3.93. The maximum Gasteiger partial charge on any atom is 0.149 e. The van der Waals surface area contributed by atoms with Crippen molar-refractivity contribution in [1.29, 1.82) is 0 Å². The first kappa shape index (κ1) is 11.1. The van der Waals surface area contributed by atoms with Crippen LogP contribution in [0.1, 0.15) is 18.6 Å². The first-order valence-corrected chi connectivity index (χ1v) is 5.14. The molecule has 0 bridgehead atoms. The lowest BCUT2D eigenvalue weighted by Crippen LogP contribution is -2.00. The van der Waals surface area contributed by atoms with E-state index in [4.69, 9.17) is 11.6 Å². The van der Waals surface area contributed by atoms with Crippen LogP contribution in [0, 0.1) is 5.82 Å². The molecule has 0 radical (unpaired) electrons. The van der Waals surface area contributed by atoms with Gasteiger partial charge in [0.15, 0.2) is 0 Å². The Kier molecular flexibility index (Phi) is 2.94. The van der Waals surface area contributed by atoms with Gasteiger partial charge in [0.1, 0.15) is 11.5 Å². The quantitative estimate of drug-likeness (QED) is 0.877. The van der Waals surface area contributed by atoms with E-state index < -0.39 is 11.9 Å². The van der Waals surface area contributed by atoms with E-state index in [9.17, 15) is 9.50 Å². The summed E-state index contributed by atoms with van der Waals surface area (Å²) in [6, 6.07) is 4.50. The molecule has 0 aliphatic heterocycles. The highest BCUT2D eigenvalue weighted by Crippen LogP contribution is 2.20. The molecule has 1 aromatic heterocycles. The Morgan fingerprint density at radius 1 is 1.50 bits per heavy atom. The van der Waals surface area contributed by atoms with E-state index in [-0.39, 0.29) is 0 Å². The van der Waals surface area contributed by atoms with Crippen LogP contribution in [0.5, 0.6) is 0 Å². The summed E-state index contributed by atoms with van der Waals surface area (Å²) in [5.41, 5.74) is 0.829. The van der Waals surface area contributed by atoms with Gasteiger partial charge in [0.2, 0.25) is 0 Å². The Morgan fingerprint density at radius 3 is 2.75 bits per heavy atom. The second-order valence-electron chi connectivity index (χ2n) is 3.49. The number of rotatable bonds is 2. The molecule has 1 atom stereocenters. The van der Waals surface area contributed by atoms with Gasteiger partial charge in [0.05, 0.1) is 17.3 Å². The molecule has 0 aliphatic carbocycles. The SMILES string of the molecule is CC(O)c1ccc(-n2cc(Cl)cn2)c(F)c1. The van der Waals surface area contributed by atoms with E-state index in [1.165, 1.54) is 23.1 Å². The summed E-state index contributed by atoms with van der Waals surface area (Å²) in [6.45, 7) is 1.58. The summed E-state index contributed by atoms with van der Waals surface area (Å²) in [7, 11) is 0. The first-order valence-electron chi connectivity index (χ1n) is 4.76. The van der Waals surface area contributed by atoms with Crippen LogP contribution in [0.4, 0.5) is 4.39 Å². The highest BCUT2D eigenvalue weighted by molar-refractivity contribution is 6.30. The summed E-state index contributed by atoms with van der Waals surface area (Å²) in [6.07, 6.45) is 2.26. The smallest absolute Gasteiger partial charge is 0.149 e. The molecule has 1 N–H and O–H groups in total. The highest BCUT2D eigenvalue weighted by atomic mass is 35.5. The van der Waals surface area contributed by atoms with Gasteiger partial charge in [-0.05, 0) is 24.6 Å². The number of hydrogen-bond acceptors (Lipinski definition) is 2. The average molecular weight is 241 g/mol. The molecule has 0 amide bonds. The van der Waals surface area contributed by atoms with Gasteiger partial charge in [0.25, 0.3) is 0 Å². The zero-order valence-corrected chi connectivity index (χ0v) is 9.32. The molecule has 1 aromatic carbocycles. The Balaban J connectivity index is 2.44. The molecule has 1 heterocycles. The molecular weight excluding hydrogens is 231 g/mol. The lowest BCUT2D eigenvalue weighted by molar-refractivity contribution is 0.199. The van der Waals surface area contributed by atoms with Crippen molar-refractivity contribution >= 4 is 11.6 Å². The van der Waals surface area contributed by atoms with Crippen molar-refractivity contribution in [2.75, 3.05) is 0 Å². The zero-order chi connectivity index (χ0) is 11.7. The van der Waals surface area contributed by atoms with Crippen molar-refractivity contribution in [3.8, 4) is 5.69 Å². The number of aliphatic hydroxyl groups excluding tert-OH is 1. The van der Waals surface area contributed by atoms with Crippen molar-refractivity contribution in [2.45, 2.75) is 13.0 Å². The fourth-order valence-electron chi connectivity index (χ4n) is 1.40. The van der Waals surface area contributed by atoms with E-state index in [1.54, 1.807) is 19.1 Å². The van der Waals surface area contributed by atoms with Gasteiger partial charge in [0, 0.05) is 6.20 Å². The Bertz CT molecular complexity index is 510. The van der Waals surface area contributed by atoms with Crippen LogP contribution in [0.2, 0.25) is 5.02 Å². The predicted octanol–water partition coefficient (Wildman–Crippen LogP) is 2.72. The first-order chi connectivity index (χ1) is 7.58. The predicted molar refractivity (Wildman–Crippen MR) is 59.2 cm³/mol. The van der Waals surface area contributed by atoms with Gasteiger partial charge >= 0.3 is 0 Å². The molecule has 0 fully saturated rings. The van der Waals surface area contributed by atoms with Crippen LogP contribution in [0.3, 0.4) is 0 Å². The molecule has 5 heteroatoms. The van der Waals surface area contributed by atoms with Gasteiger partial charge in [-0.3, -0.25) is 0 Å². The van der Waals surface area contributed by atoms with Crippen molar-refractivity contribution < 1.29 is 9.50 Å². The molecule has 2 rings (SSSR count). The molecule has 16 heavy (non-hydrogen) atoms. The van der Waals surface area contributed by atoms with Gasteiger partial charge in [-0.2, -0.15) is 5.10 Å². The third kappa shape index (κ3) is 2.08. The van der Waals surface area contributed by atoms with Crippen LogP contribution in [-0.2, 0) is 0 Å². The van der Waals surface area contributed by atoms with Crippen molar-refractivity contribution in [2.24, 2.45) is 0 Å². The van der Waals surface area contributed by atoms with Crippen LogP contribution >= 0.6 is 11.6 Å². The van der Waals surface area contributed by atoms with Gasteiger partial charge in [-0.15, -0.1) is 0 Å². The van der Waals surface area contributed by atoms with Crippen molar-refractivity contribution in [1.82, 2.24) is 9.78 Å². The second kappa shape index (κ2) is 4.23. The van der Waals surface area contributed by atoms with Crippen LogP contribution in [0.25, 0.3) is 5.69 Å². The topological polar surface area (TPSA) is 38.0 Å². The van der Waals surface area contributed by atoms with Crippen molar-refractivity contribution in [3.63, 3.8) is 0 Å². The molecular formula is C11H10ClFN2O. The number of hydrogen-bond donors (Lipinski definition) is 1. The number of nitrogens with zero attached hydrogens (tertiary/aromatic N) is 2. The van der Waals surface area contributed by atoms with E-state index in [1.807, 2.05) is 0 Å². The van der Waals surface area contributed by atoms with Crippen LogP contribution < -0.4 is 0 Å². The summed E-state index contributed by atoms with van der Waals surface area (Å²) in [5.74, 6) is -0.446. The standard InChI is InChI=1S/C11H10ClFN2O/c1-7(16)8-2-3-11(10(13)4-8)15-6-9(12)5-14-15/h2-7,16H,1H3. The minimum atomic E-state index is -0.690. The number of benzene rings is 1. The normalized spacial score (nSPS) is 12.8. The molecule has 1 unspecified atom stereocenters. The number of halogens is 2. The molecule has 0 aliphatic rings. The maximum atomic E-state index is 13.7. The minimum Gasteiger partial charge on any atom is -0.389 e. The molecule has 3 nitrogen and oxygen atoms in total. The molecule has 0 spiro atoms. The van der Waals surface area contributed by atoms with Crippen LogP contribution in [0.15, 0.2) is 30.6 Å². The fourth-order valence-corrected chi connectivity index (χ4v) is 1.54. The number of aromatic nitrogens is 2. The summed E-state index contributed by atoms with van der Waals surface area (Å²) < 4.78 is 15.0. The third-order valence-corrected chi connectivity index (χ3v) is 2.45. The van der Waals surface area contributed by atoms with E-state index >= 15 is 0 Å². The minimum absolute atomic E-state index is 0.302. The highest BCUT2D eigenvalue weighted by Gasteiger charge is 2.09. The molecule has 84 valence electrons. The van der Waals surface area contributed by atoms with E-state index in [2.05, 4.69) is 5.10 Å². The van der Waals surface area contributed by atoms with E-state index in [0.717, 1.165) is 0 Å². The molecule has 0 saturated heterocycles. The third-order valence-electron chi connectivity index (χ3n) is 2.25. The van der Waals surface area contributed by atoms with Gasteiger partial charge < -0.3 is 5.11 Å². The fraction of sp³-hybridized carbons (Fsp3) is 0.182. The van der Waals surface area contributed by atoms with Crippen molar-refractivity contribution in [3.05, 3.63) is 47.0 Å². The largest absolute Gasteiger partial charge is 0.389 e. The summed E-state index contributed by atoms with van der Waals surface area (Å²) in [5, 5.41) is 13.7. The molecule has 0 saturated carbocycles. The van der Waals surface area contributed by atoms with Crippen LogP contribution in [-0.4, -0.2) is 14.9 Å². The Hall–Kier alpha value is -1.39. The number of aliphatic hydroxyl groups is 1. The summed E-state index contributed by atoms with van der Waals surface area (Å²) in [4.78, 5) is 0. The zero-order valence-electron chi connectivity index (χ0n) is 8.56. The van der Waals surface area contributed by atoms with E-state index in [0.29, 0.717) is 16.3 Å². The van der Waals surface area contributed by atoms with Gasteiger partial charge in [-0.25, -0.2) is 9.07 Å². The Morgan fingerprint density at radius 2 is 2.25 bits per heavy atom. The van der Waals surface area contributed by atoms with Gasteiger partial charge in [-0.1, -0.05) is 17.7 Å². The maximum absolute atomic E-state index is 13.7. The summed E-state index contributed by atoms with van der Waals surface area (Å²) >= 11 is 5.70. The average Bonchev–Trinajstić information content (AvgIpc) is 2.64. The lowest BCUT2D eigenvalue weighted by Gasteiger charge is -2.07. The Labute approximate surface area is 97.1 Å².